The molecular formula is C23H27F6N5O5. The Bertz CT molecular complexity index is 1030. The fraction of sp³-hybridized carbons (Fsp3) is 0.522. The lowest BCUT2D eigenvalue weighted by Gasteiger charge is -2.46. The maximum Gasteiger partial charge on any atom is 0.490 e. The minimum atomic E-state index is -5.08. The first-order chi connectivity index (χ1) is 18.2. The molecule has 16 heteroatoms. The van der Waals surface area contributed by atoms with Crippen molar-refractivity contribution in [3.63, 3.8) is 0 Å². The summed E-state index contributed by atoms with van der Waals surface area (Å²) < 4.78 is 69.6. The number of aromatic nitrogens is 3. The lowest BCUT2D eigenvalue weighted by atomic mass is 9.85. The zero-order valence-corrected chi connectivity index (χ0v) is 20.6. The molecule has 0 radical (unpaired) electrons. The van der Waals surface area contributed by atoms with E-state index in [2.05, 4.69) is 37.5 Å². The first-order valence-corrected chi connectivity index (χ1v) is 11.6. The number of halogens is 6. The lowest BCUT2D eigenvalue weighted by molar-refractivity contribution is -0.193. The van der Waals surface area contributed by atoms with Gasteiger partial charge in [-0.05, 0) is 49.9 Å². The van der Waals surface area contributed by atoms with Crippen LogP contribution in [0.25, 0.3) is 0 Å². The highest BCUT2D eigenvalue weighted by Gasteiger charge is 2.40. The Labute approximate surface area is 219 Å². The molecule has 2 aromatic rings. The molecule has 0 bridgehead atoms. The number of carbonyl (C=O) groups is 2. The van der Waals surface area contributed by atoms with E-state index in [0.717, 1.165) is 49.9 Å². The average molecular weight is 567 g/mol. The van der Waals surface area contributed by atoms with Crippen LogP contribution in [0.3, 0.4) is 0 Å². The van der Waals surface area contributed by atoms with Crippen molar-refractivity contribution in [3.8, 4) is 0 Å². The highest BCUT2D eigenvalue weighted by atomic mass is 19.4. The third-order valence-corrected chi connectivity index (χ3v) is 5.57. The van der Waals surface area contributed by atoms with E-state index in [0.29, 0.717) is 5.92 Å². The number of aliphatic carboxylic acids is 2. The van der Waals surface area contributed by atoms with Crippen molar-refractivity contribution in [3.05, 3.63) is 47.9 Å². The van der Waals surface area contributed by atoms with Crippen LogP contribution in [0.4, 0.5) is 32.2 Å². The van der Waals surface area contributed by atoms with Gasteiger partial charge in [-0.25, -0.2) is 9.59 Å². The van der Waals surface area contributed by atoms with Crippen molar-refractivity contribution in [1.29, 1.82) is 0 Å². The van der Waals surface area contributed by atoms with Crippen molar-refractivity contribution >= 4 is 17.8 Å². The van der Waals surface area contributed by atoms with Crippen molar-refractivity contribution in [2.45, 2.75) is 50.8 Å². The van der Waals surface area contributed by atoms with Gasteiger partial charge in [-0.15, -0.1) is 5.10 Å². The predicted molar refractivity (Wildman–Crippen MR) is 124 cm³/mol. The van der Waals surface area contributed by atoms with Crippen molar-refractivity contribution in [1.82, 2.24) is 20.1 Å². The number of alkyl halides is 6. The summed E-state index contributed by atoms with van der Waals surface area (Å²) in [6.45, 7) is 5.68. The predicted octanol–water partition coefficient (Wildman–Crippen LogP) is 3.54. The van der Waals surface area contributed by atoms with Gasteiger partial charge in [-0.1, -0.05) is 6.07 Å². The van der Waals surface area contributed by atoms with E-state index in [4.69, 9.17) is 24.5 Å². The van der Waals surface area contributed by atoms with Crippen LogP contribution >= 0.6 is 0 Å². The molecular weight excluding hydrogens is 540 g/mol. The lowest BCUT2D eigenvalue weighted by Crippen LogP contribution is -2.57. The maximum absolute atomic E-state index is 10.6. The molecule has 0 aromatic carbocycles. The van der Waals surface area contributed by atoms with Crippen LogP contribution in [0.1, 0.15) is 24.2 Å². The highest BCUT2D eigenvalue weighted by Crippen LogP contribution is 2.30. The molecule has 0 aliphatic carbocycles. The summed E-state index contributed by atoms with van der Waals surface area (Å²) in [5, 5.41) is 26.2. The Hall–Kier alpha value is -3.53. The largest absolute Gasteiger partial charge is 0.490 e. The number of ether oxygens (including phenoxy) is 1. The Balaban J connectivity index is 0.000000317. The molecule has 39 heavy (non-hydrogen) atoms. The summed E-state index contributed by atoms with van der Waals surface area (Å²) in [5.74, 6) is -4.13. The molecule has 2 aliphatic rings. The summed E-state index contributed by atoms with van der Waals surface area (Å²) in [7, 11) is 0. The fourth-order valence-electron chi connectivity index (χ4n) is 3.94. The molecule has 216 valence electrons. The van der Waals surface area contributed by atoms with E-state index in [9.17, 15) is 26.3 Å². The first kappa shape index (κ1) is 31.7. The number of pyridine rings is 1. The number of rotatable bonds is 4. The number of fused-ring (bicyclic) bond motifs is 1. The van der Waals surface area contributed by atoms with Gasteiger partial charge < -0.3 is 20.3 Å². The second kappa shape index (κ2) is 14.0. The number of likely N-dealkylation sites (tertiary alicyclic amines) is 1. The molecule has 3 atom stereocenters. The summed E-state index contributed by atoms with van der Waals surface area (Å²) >= 11 is 0. The smallest absolute Gasteiger partial charge is 0.475 e. The number of carboxylic acids is 2. The van der Waals surface area contributed by atoms with Gasteiger partial charge in [0.15, 0.2) is 0 Å². The number of anilines is 1. The minimum absolute atomic E-state index is 0.222. The summed E-state index contributed by atoms with van der Waals surface area (Å²) in [5.41, 5.74) is 2.05. The van der Waals surface area contributed by atoms with Crippen LogP contribution in [0.15, 0.2) is 36.5 Å². The van der Waals surface area contributed by atoms with E-state index < -0.39 is 24.3 Å². The highest BCUT2D eigenvalue weighted by molar-refractivity contribution is 5.73. The molecule has 0 amide bonds. The molecule has 10 nitrogen and oxygen atoms in total. The zero-order valence-electron chi connectivity index (χ0n) is 20.6. The Morgan fingerprint density at radius 1 is 1.03 bits per heavy atom. The normalized spacial score (nSPS) is 21.3. The molecule has 2 aliphatic heterocycles. The van der Waals surface area contributed by atoms with Crippen LogP contribution in [0.2, 0.25) is 0 Å². The second-order valence-corrected chi connectivity index (χ2v) is 8.67. The average Bonchev–Trinajstić information content (AvgIpc) is 2.86. The van der Waals surface area contributed by atoms with Gasteiger partial charge in [-0.3, -0.25) is 9.88 Å². The summed E-state index contributed by atoms with van der Waals surface area (Å²) in [4.78, 5) is 24.8. The number of nitrogens with zero attached hydrogens (tertiary/aromatic N) is 4. The standard InChI is InChI=1S/C19H25N5O.2C2HF3O2/c1-14-7-8-18(23-22-14)21-17-13-24(12-16-6-2-3-9-20-16)11-15-5-4-10-25-19(15)17;2*3-2(4,5)1(6)7/h2-3,6-9,15,17,19H,4-5,10-13H2,1H3,(H,21,23);2*(H,6,7)/t15-,17+,19-;;/m0../s1. The fourth-order valence-corrected chi connectivity index (χ4v) is 3.94. The van der Waals surface area contributed by atoms with Gasteiger partial charge in [0, 0.05) is 32.4 Å². The van der Waals surface area contributed by atoms with Crippen molar-refractivity contribution in [2.75, 3.05) is 25.0 Å². The van der Waals surface area contributed by atoms with Crippen LogP contribution in [0.5, 0.6) is 0 Å². The number of nitrogens with one attached hydrogen (secondary N) is 1. The maximum atomic E-state index is 10.6. The van der Waals surface area contributed by atoms with Crippen molar-refractivity contribution in [2.24, 2.45) is 5.92 Å². The van der Waals surface area contributed by atoms with E-state index >= 15 is 0 Å². The number of hydrogen-bond acceptors (Lipinski definition) is 8. The van der Waals surface area contributed by atoms with Gasteiger partial charge in [0.1, 0.15) is 5.82 Å². The van der Waals surface area contributed by atoms with Gasteiger partial charge in [0.05, 0.1) is 23.5 Å². The van der Waals surface area contributed by atoms with Gasteiger partial charge >= 0.3 is 24.3 Å². The Morgan fingerprint density at radius 2 is 1.67 bits per heavy atom. The summed E-state index contributed by atoms with van der Waals surface area (Å²) in [6, 6.07) is 10.3. The van der Waals surface area contributed by atoms with E-state index in [1.807, 2.05) is 31.3 Å². The van der Waals surface area contributed by atoms with Crippen LogP contribution in [0, 0.1) is 12.8 Å². The van der Waals surface area contributed by atoms with Gasteiger partial charge in [0.25, 0.3) is 0 Å². The molecule has 4 rings (SSSR count). The SMILES string of the molecule is Cc1ccc(N[C@@H]2CN(Cc3ccccn3)C[C@@H]3CCCO[C@@H]32)nn1.O=C(O)C(F)(F)F.O=C(O)C(F)(F)F. The molecule has 4 heterocycles. The Morgan fingerprint density at radius 3 is 2.18 bits per heavy atom. The molecule has 3 N–H and O–H groups in total. The molecule has 0 unspecified atom stereocenters. The number of hydrogen-bond donors (Lipinski definition) is 3. The first-order valence-electron chi connectivity index (χ1n) is 11.6. The third kappa shape index (κ3) is 11.0. The van der Waals surface area contributed by atoms with E-state index in [-0.39, 0.29) is 12.1 Å². The number of carboxylic acid groups (broad SMARTS) is 2. The molecule has 0 saturated carbocycles. The van der Waals surface area contributed by atoms with Crippen LogP contribution < -0.4 is 5.32 Å². The number of aryl methyl sites for hydroxylation is 1. The molecule has 2 saturated heterocycles. The Kier molecular flexibility index (Phi) is 11.4. The van der Waals surface area contributed by atoms with Crippen LogP contribution in [-0.2, 0) is 20.9 Å². The quantitative estimate of drug-likeness (QED) is 0.471. The zero-order chi connectivity index (χ0) is 29.2. The van der Waals surface area contributed by atoms with Crippen molar-refractivity contribution < 1.29 is 50.9 Å². The second-order valence-electron chi connectivity index (χ2n) is 8.67. The summed E-state index contributed by atoms with van der Waals surface area (Å²) in [6.07, 6.45) is -5.68. The third-order valence-electron chi connectivity index (χ3n) is 5.57. The number of piperidine rings is 1. The van der Waals surface area contributed by atoms with Gasteiger partial charge in [-0.2, -0.15) is 31.4 Å². The van der Waals surface area contributed by atoms with Gasteiger partial charge in [0.2, 0.25) is 0 Å². The minimum Gasteiger partial charge on any atom is -0.475 e. The van der Waals surface area contributed by atoms with E-state index in [1.54, 1.807) is 0 Å². The van der Waals surface area contributed by atoms with Crippen LogP contribution in [-0.4, -0.2) is 86.4 Å². The van der Waals surface area contributed by atoms with E-state index in [1.165, 1.54) is 6.42 Å². The monoisotopic (exact) mass is 567 g/mol. The molecule has 2 fully saturated rings. The topological polar surface area (TPSA) is 138 Å². The molecule has 0 spiro atoms. The molecule has 2 aromatic heterocycles.